The Balaban J connectivity index is 3.00. The Bertz CT molecular complexity index is 635. The number of nitrogens with two attached hydrogens (primary N) is 1. The minimum absolute atomic E-state index is 0.0966. The van der Waals surface area contributed by atoms with Gasteiger partial charge in [-0.1, -0.05) is 13.3 Å². The van der Waals surface area contributed by atoms with Crippen LogP contribution in [0.2, 0.25) is 0 Å². The number of aromatic amines is 1. The van der Waals surface area contributed by atoms with E-state index in [1.807, 2.05) is 13.8 Å². The number of hydrogen-bond acceptors (Lipinski definition) is 5. The van der Waals surface area contributed by atoms with Crippen molar-refractivity contribution in [2.75, 3.05) is 23.7 Å². The molecule has 23 heavy (non-hydrogen) atoms. The van der Waals surface area contributed by atoms with Gasteiger partial charge in [-0.2, -0.15) is 0 Å². The number of nitrogens with one attached hydrogen (secondary N) is 1. The Morgan fingerprint density at radius 2 is 1.96 bits per heavy atom. The zero-order chi connectivity index (χ0) is 17.4. The molecule has 1 aromatic heterocycles. The van der Waals surface area contributed by atoms with Crippen LogP contribution >= 0.6 is 0 Å². The second-order valence-corrected chi connectivity index (χ2v) is 5.43. The first-order chi connectivity index (χ1) is 10.9. The van der Waals surface area contributed by atoms with Crippen LogP contribution in [0.4, 0.5) is 11.5 Å². The third-order valence-electron chi connectivity index (χ3n) is 3.72. The summed E-state index contributed by atoms with van der Waals surface area (Å²) in [6.07, 6.45) is 2.96. The highest BCUT2D eigenvalue weighted by Crippen LogP contribution is 2.17. The molecule has 0 atom stereocenters. The minimum atomic E-state index is -0.835. The summed E-state index contributed by atoms with van der Waals surface area (Å²) in [6, 6.07) is 0. The number of carbonyl (C=O) groups is 1. The van der Waals surface area contributed by atoms with Crippen LogP contribution in [-0.4, -0.2) is 33.7 Å². The number of carboxylic acid groups (broad SMARTS) is 1. The van der Waals surface area contributed by atoms with Crippen molar-refractivity contribution in [2.24, 2.45) is 0 Å². The quantitative estimate of drug-likeness (QED) is 0.551. The van der Waals surface area contributed by atoms with Crippen molar-refractivity contribution in [1.82, 2.24) is 9.55 Å². The number of H-pyrrole nitrogens is 1. The molecule has 1 rings (SSSR count). The van der Waals surface area contributed by atoms with Gasteiger partial charge in [-0.3, -0.25) is 19.1 Å². The summed E-state index contributed by atoms with van der Waals surface area (Å²) >= 11 is 0. The molecule has 0 bridgehead atoms. The number of anilines is 2. The van der Waals surface area contributed by atoms with Crippen LogP contribution in [-0.2, 0) is 11.3 Å². The molecular formula is C15H26N4O4. The van der Waals surface area contributed by atoms with Gasteiger partial charge in [0, 0.05) is 26.1 Å². The van der Waals surface area contributed by atoms with Crippen LogP contribution in [0.3, 0.4) is 0 Å². The average molecular weight is 326 g/mol. The molecule has 0 radical (unpaired) electrons. The molecule has 0 aromatic carbocycles. The first kappa shape index (κ1) is 18.8. The van der Waals surface area contributed by atoms with Gasteiger partial charge in [0.1, 0.15) is 11.5 Å². The molecule has 1 aromatic rings. The molecule has 1 heterocycles. The third kappa shape index (κ3) is 5.15. The highest BCUT2D eigenvalue weighted by molar-refractivity contribution is 5.66. The Morgan fingerprint density at radius 3 is 2.52 bits per heavy atom. The molecule has 0 fully saturated rings. The van der Waals surface area contributed by atoms with E-state index >= 15 is 0 Å². The van der Waals surface area contributed by atoms with E-state index in [1.165, 1.54) is 4.57 Å². The lowest BCUT2D eigenvalue weighted by molar-refractivity contribution is -0.137. The van der Waals surface area contributed by atoms with Gasteiger partial charge in [-0.25, -0.2) is 4.79 Å². The number of nitrogens with zero attached hydrogens (tertiary/aromatic N) is 2. The zero-order valence-corrected chi connectivity index (χ0v) is 13.8. The molecule has 0 aliphatic carbocycles. The highest BCUT2D eigenvalue weighted by atomic mass is 16.4. The van der Waals surface area contributed by atoms with E-state index in [0.717, 1.165) is 12.8 Å². The van der Waals surface area contributed by atoms with Crippen LogP contribution in [0, 0.1) is 0 Å². The van der Waals surface area contributed by atoms with E-state index in [4.69, 9.17) is 10.8 Å². The van der Waals surface area contributed by atoms with E-state index < -0.39 is 17.2 Å². The maximum Gasteiger partial charge on any atom is 0.330 e. The number of aliphatic carboxylic acids is 1. The number of rotatable bonds is 10. The Morgan fingerprint density at radius 1 is 1.26 bits per heavy atom. The number of carboxylic acids is 1. The number of unbranched alkanes of at least 4 members (excludes halogenated alkanes) is 2. The molecule has 0 aliphatic rings. The first-order valence-corrected chi connectivity index (χ1v) is 8.01. The van der Waals surface area contributed by atoms with Crippen molar-refractivity contribution < 1.29 is 9.90 Å². The fourth-order valence-corrected chi connectivity index (χ4v) is 2.43. The second-order valence-electron chi connectivity index (χ2n) is 5.43. The summed E-state index contributed by atoms with van der Waals surface area (Å²) in [7, 11) is 0. The van der Waals surface area contributed by atoms with Gasteiger partial charge in [0.2, 0.25) is 0 Å². The van der Waals surface area contributed by atoms with E-state index in [2.05, 4.69) is 4.98 Å². The van der Waals surface area contributed by atoms with Gasteiger partial charge >= 0.3 is 11.7 Å². The molecule has 0 saturated heterocycles. The van der Waals surface area contributed by atoms with E-state index in [9.17, 15) is 14.4 Å². The SMILES string of the molecule is CCCCn1c(N)c(N(CC)CCCCC(=O)O)c(=O)[nH]c1=O. The lowest BCUT2D eigenvalue weighted by Crippen LogP contribution is -2.38. The lowest BCUT2D eigenvalue weighted by atomic mass is 10.2. The monoisotopic (exact) mass is 326 g/mol. The molecule has 0 unspecified atom stereocenters. The maximum absolute atomic E-state index is 12.1. The predicted octanol–water partition coefficient (Wildman–Crippen LogP) is 1.00. The van der Waals surface area contributed by atoms with Crippen LogP contribution in [0.25, 0.3) is 0 Å². The van der Waals surface area contributed by atoms with Gasteiger partial charge in [-0.05, 0) is 26.2 Å². The van der Waals surface area contributed by atoms with Crippen LogP contribution in [0.5, 0.6) is 0 Å². The Labute approximate surface area is 134 Å². The topological polar surface area (TPSA) is 121 Å². The van der Waals surface area contributed by atoms with Crippen molar-refractivity contribution in [3.8, 4) is 0 Å². The number of hydrogen-bond donors (Lipinski definition) is 3. The van der Waals surface area contributed by atoms with Crippen LogP contribution < -0.4 is 21.9 Å². The second kappa shape index (κ2) is 9.02. The fraction of sp³-hybridized carbons (Fsp3) is 0.667. The van der Waals surface area contributed by atoms with Crippen molar-refractivity contribution in [3.05, 3.63) is 20.8 Å². The van der Waals surface area contributed by atoms with Gasteiger partial charge < -0.3 is 15.7 Å². The van der Waals surface area contributed by atoms with Crippen molar-refractivity contribution in [3.63, 3.8) is 0 Å². The van der Waals surface area contributed by atoms with Gasteiger partial charge in [0.15, 0.2) is 0 Å². The van der Waals surface area contributed by atoms with Gasteiger partial charge in [-0.15, -0.1) is 0 Å². The first-order valence-electron chi connectivity index (χ1n) is 8.01. The normalized spacial score (nSPS) is 10.7. The fourth-order valence-electron chi connectivity index (χ4n) is 2.43. The molecule has 8 heteroatoms. The van der Waals surface area contributed by atoms with Crippen molar-refractivity contribution in [1.29, 1.82) is 0 Å². The van der Waals surface area contributed by atoms with Crippen LogP contribution in [0.1, 0.15) is 46.0 Å². The number of aromatic nitrogens is 2. The summed E-state index contributed by atoms with van der Waals surface area (Å²) in [5.74, 6) is -0.661. The molecule has 4 N–H and O–H groups in total. The molecule has 0 amide bonds. The summed E-state index contributed by atoms with van der Waals surface area (Å²) < 4.78 is 1.39. The highest BCUT2D eigenvalue weighted by Gasteiger charge is 2.17. The summed E-state index contributed by atoms with van der Waals surface area (Å²) in [6.45, 7) is 5.42. The maximum atomic E-state index is 12.1. The minimum Gasteiger partial charge on any atom is -0.481 e. The molecule has 130 valence electrons. The van der Waals surface area contributed by atoms with Gasteiger partial charge in [0.05, 0.1) is 0 Å². The summed E-state index contributed by atoms with van der Waals surface area (Å²) in [5.41, 5.74) is 5.36. The molecular weight excluding hydrogens is 300 g/mol. The summed E-state index contributed by atoms with van der Waals surface area (Å²) in [4.78, 5) is 38.7. The Kier molecular flexibility index (Phi) is 7.37. The van der Waals surface area contributed by atoms with Gasteiger partial charge in [0.25, 0.3) is 5.56 Å². The zero-order valence-electron chi connectivity index (χ0n) is 13.8. The molecule has 0 aliphatic heterocycles. The largest absolute Gasteiger partial charge is 0.481 e. The molecule has 0 spiro atoms. The average Bonchev–Trinajstić information content (AvgIpc) is 2.48. The van der Waals surface area contributed by atoms with E-state index in [1.54, 1.807) is 4.90 Å². The predicted molar refractivity (Wildman–Crippen MR) is 90.0 cm³/mol. The van der Waals surface area contributed by atoms with Crippen molar-refractivity contribution in [2.45, 2.75) is 52.5 Å². The van der Waals surface area contributed by atoms with Crippen LogP contribution in [0.15, 0.2) is 9.59 Å². The standard InChI is InChI=1S/C15H26N4O4/c1-3-5-10-19-13(16)12(14(22)17-15(19)23)18(4-2)9-7-6-8-11(20)21/h3-10,16H2,1-2H3,(H,20,21)(H,17,22,23). The molecule has 0 saturated carbocycles. The lowest BCUT2D eigenvalue weighted by Gasteiger charge is -2.24. The van der Waals surface area contributed by atoms with E-state index in [0.29, 0.717) is 38.2 Å². The number of nitrogen functional groups attached to an aromatic ring is 1. The summed E-state index contributed by atoms with van der Waals surface area (Å²) in [5, 5.41) is 8.66. The smallest absolute Gasteiger partial charge is 0.330 e. The van der Waals surface area contributed by atoms with E-state index in [-0.39, 0.29) is 12.2 Å². The Hall–Kier alpha value is -2.25. The third-order valence-corrected chi connectivity index (χ3v) is 3.72. The van der Waals surface area contributed by atoms with Crippen molar-refractivity contribution >= 4 is 17.5 Å². The molecule has 8 nitrogen and oxygen atoms in total.